The lowest BCUT2D eigenvalue weighted by Gasteiger charge is -2.21. The highest BCUT2D eigenvalue weighted by molar-refractivity contribution is 7.18. The molecule has 4 aromatic rings. The van der Waals surface area contributed by atoms with Crippen LogP contribution in [0.15, 0.2) is 53.8 Å². The molecule has 1 unspecified atom stereocenters. The van der Waals surface area contributed by atoms with Gasteiger partial charge in [-0.25, -0.2) is 4.79 Å². The molecule has 1 aliphatic heterocycles. The molecule has 9 heteroatoms. The Labute approximate surface area is 244 Å². The van der Waals surface area contributed by atoms with Gasteiger partial charge in [-0.2, -0.15) is 5.26 Å². The van der Waals surface area contributed by atoms with Crippen LogP contribution in [0, 0.1) is 25.2 Å². The number of carbonyl (C=O) groups is 1. The molecule has 1 fully saturated rings. The monoisotopic (exact) mass is 568 g/mol. The molecule has 212 valence electrons. The smallest absolute Gasteiger partial charge is 0.411 e. The molecule has 1 aliphatic rings. The van der Waals surface area contributed by atoms with Crippen molar-refractivity contribution >= 4 is 33.6 Å². The maximum atomic E-state index is 11.7. The van der Waals surface area contributed by atoms with Gasteiger partial charge in [-0.05, 0) is 81.1 Å². The van der Waals surface area contributed by atoms with E-state index in [1.807, 2.05) is 30.9 Å². The van der Waals surface area contributed by atoms with E-state index in [-0.39, 0.29) is 5.92 Å². The Morgan fingerprint density at radius 1 is 1.27 bits per heavy atom. The summed E-state index contributed by atoms with van der Waals surface area (Å²) in [7, 11) is 0. The summed E-state index contributed by atoms with van der Waals surface area (Å²) in [5.41, 5.74) is 6.28. The fourth-order valence-electron chi connectivity index (χ4n) is 5.71. The zero-order chi connectivity index (χ0) is 29.3. The number of benzene rings is 1. The summed E-state index contributed by atoms with van der Waals surface area (Å²) in [6.45, 7) is 12.0. The first-order valence-electron chi connectivity index (χ1n) is 13.9. The molecule has 3 N–H and O–H groups in total. The van der Waals surface area contributed by atoms with E-state index in [4.69, 9.17) is 4.99 Å². The normalized spacial score (nSPS) is 16.6. The quantitative estimate of drug-likeness (QED) is 0.172. The first-order valence-corrected chi connectivity index (χ1v) is 14.7. The van der Waals surface area contributed by atoms with Crippen molar-refractivity contribution < 1.29 is 9.90 Å². The molecule has 1 aromatic carbocycles. The third-order valence-electron chi connectivity index (χ3n) is 7.83. The van der Waals surface area contributed by atoms with E-state index in [0.717, 1.165) is 44.9 Å². The molecule has 4 heterocycles. The van der Waals surface area contributed by atoms with Gasteiger partial charge in [-0.1, -0.05) is 24.1 Å². The SMILES string of the molecule is Cc1cc(C)cc(-c2[nH]c3sc(C(C)(C)C#N)cc3c2[C@@H](C)CN=C(NC(=O)O)N2CCC(c3ccncc3)C2)c1. The lowest BCUT2D eigenvalue weighted by atomic mass is 9.91. The summed E-state index contributed by atoms with van der Waals surface area (Å²) < 4.78 is 0. The summed E-state index contributed by atoms with van der Waals surface area (Å²) in [5.74, 6) is 0.665. The lowest BCUT2D eigenvalue weighted by molar-refractivity contribution is 0.198. The van der Waals surface area contributed by atoms with Crippen LogP contribution >= 0.6 is 11.3 Å². The van der Waals surface area contributed by atoms with Crippen molar-refractivity contribution in [3.05, 3.63) is 75.9 Å². The minimum Gasteiger partial charge on any atom is -0.465 e. The van der Waals surface area contributed by atoms with Gasteiger partial charge >= 0.3 is 6.09 Å². The fraction of sp³-hybridized carbons (Fsp3) is 0.375. The minimum atomic E-state index is -1.12. The van der Waals surface area contributed by atoms with Crippen LogP contribution in [-0.4, -0.2) is 51.7 Å². The highest BCUT2D eigenvalue weighted by atomic mass is 32.1. The van der Waals surface area contributed by atoms with Gasteiger partial charge < -0.3 is 15.0 Å². The fourth-order valence-corrected chi connectivity index (χ4v) is 6.84. The van der Waals surface area contributed by atoms with Crippen molar-refractivity contribution in [1.82, 2.24) is 20.2 Å². The van der Waals surface area contributed by atoms with Crippen LogP contribution in [0.4, 0.5) is 4.79 Å². The number of carboxylic acid groups (broad SMARTS) is 1. The summed E-state index contributed by atoms with van der Waals surface area (Å²) >= 11 is 1.62. The average molecular weight is 569 g/mol. The molecule has 0 radical (unpaired) electrons. The number of H-pyrrole nitrogens is 1. The number of hydrogen-bond donors (Lipinski definition) is 3. The number of fused-ring (bicyclic) bond motifs is 1. The molecule has 1 saturated heterocycles. The van der Waals surface area contributed by atoms with Crippen LogP contribution in [0.25, 0.3) is 21.5 Å². The third-order valence-corrected chi connectivity index (χ3v) is 9.20. The Kier molecular flexibility index (Phi) is 7.87. The maximum Gasteiger partial charge on any atom is 0.411 e. The molecule has 2 atom stereocenters. The summed E-state index contributed by atoms with van der Waals surface area (Å²) in [4.78, 5) is 28.5. The molecule has 0 aliphatic carbocycles. The lowest BCUT2D eigenvalue weighted by Crippen LogP contribution is -2.42. The molecule has 41 heavy (non-hydrogen) atoms. The van der Waals surface area contributed by atoms with Gasteiger partial charge in [0.2, 0.25) is 5.96 Å². The van der Waals surface area contributed by atoms with Gasteiger partial charge in [0, 0.05) is 54.1 Å². The second-order valence-corrected chi connectivity index (χ2v) is 12.6. The Bertz CT molecular complexity index is 1630. The van der Waals surface area contributed by atoms with Gasteiger partial charge in [0.05, 0.1) is 17.2 Å². The van der Waals surface area contributed by atoms with Crippen LogP contribution in [0.1, 0.15) is 66.2 Å². The van der Waals surface area contributed by atoms with Gasteiger partial charge in [0.15, 0.2) is 0 Å². The second kappa shape index (κ2) is 11.4. The van der Waals surface area contributed by atoms with E-state index in [9.17, 15) is 15.2 Å². The topological polar surface area (TPSA) is 117 Å². The molecule has 5 rings (SSSR count). The van der Waals surface area contributed by atoms with E-state index in [2.05, 4.69) is 66.4 Å². The molecule has 8 nitrogen and oxygen atoms in total. The number of nitriles is 1. The summed E-state index contributed by atoms with van der Waals surface area (Å²) in [5, 5.41) is 23.0. The number of aromatic nitrogens is 2. The standard InChI is InChI=1S/C32H36N6O2S/c1-19-12-20(2)14-24(13-19)28-27(25-15-26(32(4,5)18-33)41-29(25)36-28)21(3)16-35-30(37-31(39)40)38-11-8-23(17-38)22-6-9-34-10-7-22/h6-7,9-10,12-15,21,23,36H,8,11,16-17H2,1-5H3,(H,35,37)(H,39,40)/t21-,23?/m0/s1. The average Bonchev–Trinajstić information content (AvgIpc) is 3.66. The number of amides is 1. The van der Waals surface area contributed by atoms with E-state index < -0.39 is 11.5 Å². The van der Waals surface area contributed by atoms with Crippen LogP contribution < -0.4 is 5.32 Å². The predicted octanol–water partition coefficient (Wildman–Crippen LogP) is 6.93. The van der Waals surface area contributed by atoms with Gasteiger partial charge in [-0.3, -0.25) is 15.3 Å². The van der Waals surface area contributed by atoms with Crippen molar-refractivity contribution in [3.63, 3.8) is 0 Å². The molecular weight excluding hydrogens is 532 g/mol. The number of pyridine rings is 1. The van der Waals surface area contributed by atoms with Crippen LogP contribution in [-0.2, 0) is 5.41 Å². The molecule has 1 amide bonds. The first kappa shape index (κ1) is 28.4. The van der Waals surface area contributed by atoms with E-state index in [1.54, 1.807) is 23.7 Å². The van der Waals surface area contributed by atoms with E-state index in [0.29, 0.717) is 25.0 Å². The highest BCUT2D eigenvalue weighted by Gasteiger charge is 2.29. The molecule has 0 bridgehead atoms. The van der Waals surface area contributed by atoms with Crippen LogP contribution in [0.5, 0.6) is 0 Å². The summed E-state index contributed by atoms with van der Waals surface area (Å²) in [6.07, 6.45) is 3.39. The van der Waals surface area contributed by atoms with Gasteiger partial charge in [0.1, 0.15) is 4.83 Å². The Balaban J connectivity index is 1.50. The van der Waals surface area contributed by atoms with Crippen molar-refractivity contribution in [3.8, 4) is 17.3 Å². The largest absolute Gasteiger partial charge is 0.465 e. The third kappa shape index (κ3) is 5.98. The van der Waals surface area contributed by atoms with Crippen molar-refractivity contribution in [1.29, 1.82) is 5.26 Å². The van der Waals surface area contributed by atoms with Crippen molar-refractivity contribution in [2.45, 2.75) is 58.3 Å². The number of nitrogens with zero attached hydrogens (tertiary/aromatic N) is 4. The number of aromatic amines is 1. The molecular formula is C32H36N6O2S. The van der Waals surface area contributed by atoms with Gasteiger partial charge in [-0.15, -0.1) is 11.3 Å². The molecule has 0 spiro atoms. The van der Waals surface area contributed by atoms with Crippen molar-refractivity contribution in [2.24, 2.45) is 4.99 Å². The van der Waals surface area contributed by atoms with Crippen LogP contribution in [0.3, 0.4) is 0 Å². The number of guanidine groups is 1. The maximum absolute atomic E-state index is 11.7. The predicted molar refractivity (Wildman–Crippen MR) is 165 cm³/mol. The minimum absolute atomic E-state index is 0.0172. The number of likely N-dealkylation sites (tertiary alicyclic amines) is 1. The Hall–Kier alpha value is -4.16. The Morgan fingerprint density at radius 2 is 1.98 bits per heavy atom. The number of nitrogens with one attached hydrogen (secondary N) is 2. The molecule has 0 saturated carbocycles. The zero-order valence-corrected chi connectivity index (χ0v) is 25.0. The summed E-state index contributed by atoms with van der Waals surface area (Å²) in [6, 6.07) is 15.1. The highest BCUT2D eigenvalue weighted by Crippen LogP contribution is 2.42. The zero-order valence-electron chi connectivity index (χ0n) is 24.2. The van der Waals surface area contributed by atoms with Gasteiger partial charge in [0.25, 0.3) is 0 Å². The second-order valence-electron chi connectivity index (χ2n) is 11.6. The Morgan fingerprint density at radius 3 is 2.63 bits per heavy atom. The number of aliphatic imine (C=N–C) groups is 1. The first-order chi connectivity index (χ1) is 19.6. The molecule has 3 aromatic heterocycles. The number of thiophene rings is 1. The van der Waals surface area contributed by atoms with E-state index >= 15 is 0 Å². The number of rotatable bonds is 6. The van der Waals surface area contributed by atoms with E-state index in [1.165, 1.54) is 16.7 Å². The van der Waals surface area contributed by atoms with Crippen LogP contribution in [0.2, 0.25) is 0 Å². The number of hydrogen-bond acceptors (Lipinski definition) is 5. The van der Waals surface area contributed by atoms with Crippen molar-refractivity contribution in [2.75, 3.05) is 19.6 Å². The number of aryl methyl sites for hydroxylation is 2.